The monoisotopic (exact) mass is 532 g/mol. The van der Waals surface area contributed by atoms with Gasteiger partial charge in [-0.25, -0.2) is 8.42 Å². The van der Waals surface area contributed by atoms with Gasteiger partial charge in [-0.2, -0.15) is 0 Å². The second-order valence-electron chi connectivity index (χ2n) is 7.87. The minimum atomic E-state index is -4.48. The number of hydrogen-bond donors (Lipinski definition) is 0. The average Bonchev–Trinajstić information content (AvgIpc) is 2.57. The van der Waals surface area contributed by atoms with Crippen LogP contribution < -0.4 is 0 Å². The fraction of sp³-hybridized carbons (Fsp3) is 0.250. The van der Waals surface area contributed by atoms with Crippen molar-refractivity contribution in [1.29, 1.82) is 0 Å². The first-order valence-corrected chi connectivity index (χ1v) is 10.6. The largest absolute Gasteiger partial charge is 2.00 e. The van der Waals surface area contributed by atoms with Gasteiger partial charge in [0.25, 0.3) is 0 Å². The summed E-state index contributed by atoms with van der Waals surface area (Å²) in [4.78, 5) is -0.150. The second-order valence-corrected chi connectivity index (χ2v) is 9.22. The first kappa shape index (κ1) is 28.6. The van der Waals surface area contributed by atoms with Crippen LogP contribution in [0.5, 0.6) is 0 Å². The van der Waals surface area contributed by atoms with Gasteiger partial charge in [0.2, 0.25) is 0 Å². The molecule has 6 heteroatoms. The molecule has 0 heterocycles. The minimum absolute atomic E-state index is 0. The van der Waals surface area contributed by atoms with Gasteiger partial charge in [0.05, 0.1) is 4.90 Å². The van der Waals surface area contributed by atoms with Crippen LogP contribution in [0.2, 0.25) is 0 Å². The Kier molecular flexibility index (Phi) is 11.3. The zero-order chi connectivity index (χ0) is 21.1. The van der Waals surface area contributed by atoms with Crippen LogP contribution in [0, 0.1) is 11.8 Å². The summed E-state index contributed by atoms with van der Waals surface area (Å²) in [5.41, 5.74) is 0. The zero-order valence-electron chi connectivity index (χ0n) is 18.3. The molecule has 0 aliphatic carbocycles. The van der Waals surface area contributed by atoms with E-state index >= 15 is 0 Å². The van der Waals surface area contributed by atoms with E-state index in [0.29, 0.717) is 5.39 Å². The van der Waals surface area contributed by atoms with Crippen molar-refractivity contribution < 1.29 is 18.4 Å². The van der Waals surface area contributed by atoms with Crippen LogP contribution in [-0.4, -0.2) is 42.4 Å². The Hall–Kier alpha value is -1.41. The van der Waals surface area contributed by atoms with E-state index in [9.17, 15) is 13.0 Å². The summed E-state index contributed by atoms with van der Waals surface area (Å²) in [6, 6.07) is 16.6. The van der Waals surface area contributed by atoms with Crippen molar-refractivity contribution in [3.8, 4) is 0 Å². The van der Waals surface area contributed by atoms with E-state index in [0.717, 1.165) is 26.9 Å². The van der Waals surface area contributed by atoms with E-state index in [1.165, 1.54) is 17.9 Å². The molecule has 0 saturated heterocycles. The Bertz CT molecular complexity index is 1140. The molecule has 0 bridgehead atoms. The van der Waals surface area contributed by atoms with Crippen LogP contribution in [0.25, 0.3) is 32.3 Å². The van der Waals surface area contributed by atoms with Gasteiger partial charge in [0, 0.05) is 5.39 Å². The van der Waals surface area contributed by atoms with Crippen LogP contribution in [0.4, 0.5) is 0 Å². The molecule has 0 saturated carbocycles. The van der Waals surface area contributed by atoms with E-state index in [1.807, 2.05) is 36.4 Å². The first-order chi connectivity index (χ1) is 13.0. The Morgan fingerprint density at radius 1 is 0.667 bits per heavy atom. The normalized spacial score (nSPS) is 10.8. The number of rotatable bonds is 1. The molecule has 4 aromatic carbocycles. The van der Waals surface area contributed by atoms with E-state index in [2.05, 4.69) is 41.5 Å². The molecule has 0 spiro atoms. The quantitative estimate of drug-likeness (QED) is 0.167. The summed E-state index contributed by atoms with van der Waals surface area (Å²) in [6.45, 7) is 12.5. The second kappa shape index (κ2) is 11.8. The molecule has 4 rings (SSSR count). The molecule has 30 heavy (non-hydrogen) atoms. The molecule has 0 unspecified atom stereocenters. The smallest absolute Gasteiger partial charge is 0.870 e. The van der Waals surface area contributed by atoms with Crippen molar-refractivity contribution in [2.24, 2.45) is 0 Å². The first-order valence-electron chi connectivity index (χ1n) is 9.18. The molecular weight excluding hydrogens is 503 g/mol. The minimum Gasteiger partial charge on any atom is -0.870 e. The van der Waals surface area contributed by atoms with Crippen molar-refractivity contribution in [1.82, 2.24) is 0 Å². The van der Waals surface area contributed by atoms with E-state index < -0.39 is 10.1 Å². The molecule has 0 aliphatic heterocycles. The predicted octanol–water partition coefficient (Wildman–Crippen LogP) is 6.17. The molecule has 0 aromatic heterocycles. The molecule has 158 valence electrons. The van der Waals surface area contributed by atoms with Gasteiger partial charge in [-0.05, 0) is 44.8 Å². The van der Waals surface area contributed by atoms with Gasteiger partial charge in [0.1, 0.15) is 10.1 Å². The third kappa shape index (κ3) is 7.08. The summed E-state index contributed by atoms with van der Waals surface area (Å²) in [6.07, 6.45) is 0. The predicted molar refractivity (Wildman–Crippen MR) is 126 cm³/mol. The van der Waals surface area contributed by atoms with Gasteiger partial charge in [-0.1, -0.05) is 90.1 Å². The van der Waals surface area contributed by atoms with Crippen LogP contribution in [0.1, 0.15) is 41.5 Å². The molecule has 1 N–H and O–H groups in total. The van der Waals surface area contributed by atoms with Crippen molar-refractivity contribution in [2.45, 2.75) is 46.4 Å². The number of hydrogen-bond acceptors (Lipinski definition) is 4. The third-order valence-electron chi connectivity index (χ3n) is 3.76. The Labute approximate surface area is 197 Å². The van der Waals surface area contributed by atoms with E-state index in [1.54, 1.807) is 12.1 Å². The molecule has 4 radical (unpaired) electrons. The maximum absolute atomic E-state index is 11.4. The van der Waals surface area contributed by atoms with Gasteiger partial charge in [-0.3, -0.25) is 0 Å². The fourth-order valence-electron chi connectivity index (χ4n) is 2.93. The summed E-state index contributed by atoms with van der Waals surface area (Å²) < 4.78 is 34.3. The molecular formula is C24H28O4SSn. The van der Waals surface area contributed by atoms with Crippen LogP contribution in [0.15, 0.2) is 59.5 Å². The van der Waals surface area contributed by atoms with Crippen molar-refractivity contribution in [2.75, 3.05) is 0 Å². The Morgan fingerprint density at radius 2 is 1.03 bits per heavy atom. The van der Waals surface area contributed by atoms with Gasteiger partial charge < -0.3 is 10.0 Å². The van der Waals surface area contributed by atoms with Gasteiger partial charge in [0.15, 0.2) is 0 Å². The molecule has 4 aromatic rings. The fourth-order valence-corrected chi connectivity index (χ4v) is 3.60. The molecule has 0 amide bonds. The van der Waals surface area contributed by atoms with E-state index in [4.69, 9.17) is 0 Å². The summed E-state index contributed by atoms with van der Waals surface area (Å²) in [7, 11) is -4.48. The van der Waals surface area contributed by atoms with Crippen LogP contribution in [0.3, 0.4) is 0 Å². The SMILES string of the molecule is C[C](C)C.C[C](C)C.O=S(=O)([O-])c1ccc2ccc3cccc4ccc1c2c34.[OH-].[Sn+2]. The maximum atomic E-state index is 11.4. The number of benzene rings is 4. The third-order valence-corrected chi connectivity index (χ3v) is 4.65. The molecule has 0 aliphatic rings. The summed E-state index contributed by atoms with van der Waals surface area (Å²) in [5.74, 6) is 2.83. The molecule has 0 fully saturated rings. The Morgan fingerprint density at radius 3 is 1.47 bits per heavy atom. The van der Waals surface area contributed by atoms with Crippen LogP contribution in [-0.2, 0) is 10.1 Å². The van der Waals surface area contributed by atoms with Crippen molar-refractivity contribution in [3.05, 3.63) is 66.4 Å². The summed E-state index contributed by atoms with van der Waals surface area (Å²) in [5, 5.41) is 5.38. The van der Waals surface area contributed by atoms with E-state index in [-0.39, 0.29) is 34.3 Å². The van der Waals surface area contributed by atoms with Gasteiger partial charge in [-0.15, -0.1) is 0 Å². The van der Waals surface area contributed by atoms with Crippen molar-refractivity contribution >= 4 is 66.3 Å². The molecule has 4 nitrogen and oxygen atoms in total. The summed E-state index contributed by atoms with van der Waals surface area (Å²) >= 11 is 0. The van der Waals surface area contributed by atoms with Gasteiger partial charge >= 0.3 is 23.9 Å². The zero-order valence-corrected chi connectivity index (χ0v) is 21.9. The van der Waals surface area contributed by atoms with Crippen LogP contribution >= 0.6 is 0 Å². The maximum Gasteiger partial charge on any atom is 2.00 e. The topological polar surface area (TPSA) is 87.2 Å². The Balaban J connectivity index is 0.000000734. The molecule has 0 atom stereocenters. The van der Waals surface area contributed by atoms with Crippen molar-refractivity contribution in [3.63, 3.8) is 0 Å². The average molecular weight is 531 g/mol. The standard InChI is InChI=1S/C16H10O3S.2C4H9.H2O.Sn/c17-20(18,19)14-9-7-12-5-4-10-2-1-3-11-6-8-13(14)16(12)15(10)11;2*1-4(2)3;;/h1-9H,(H,17,18,19);2*1-3H3;1H2;/q;;;;+2/p-2.